The van der Waals surface area contributed by atoms with E-state index in [1.54, 1.807) is 0 Å². The van der Waals surface area contributed by atoms with Gasteiger partial charge in [0.1, 0.15) is 0 Å². The molecule has 4 aromatic carbocycles. The van der Waals surface area contributed by atoms with Gasteiger partial charge in [-0.15, -0.1) is 0 Å². The van der Waals surface area contributed by atoms with Crippen LogP contribution in [-0.4, -0.2) is 0 Å². The van der Waals surface area contributed by atoms with E-state index in [0.29, 0.717) is 0 Å². The largest absolute Gasteiger partial charge is 0.0713 e. The molecule has 0 atom stereocenters. The van der Waals surface area contributed by atoms with Crippen molar-refractivity contribution in [3.8, 4) is 11.1 Å². The summed E-state index contributed by atoms with van der Waals surface area (Å²) in [7, 11) is 0. The first-order valence-electron chi connectivity index (χ1n) is 13.4. The molecule has 0 amide bonds. The molecule has 0 saturated carbocycles. The third kappa shape index (κ3) is 5.13. The number of hydrogen-bond donors (Lipinski definition) is 0. The zero-order valence-corrected chi connectivity index (χ0v) is 23.3. The van der Waals surface area contributed by atoms with E-state index in [2.05, 4.69) is 124 Å². The molecule has 0 heteroatoms. The van der Waals surface area contributed by atoms with Gasteiger partial charge in [0.2, 0.25) is 0 Å². The molecule has 0 spiro atoms. The summed E-state index contributed by atoms with van der Waals surface area (Å²) >= 11 is 0. The highest BCUT2D eigenvalue weighted by atomic mass is 14.5. The third-order valence-electron chi connectivity index (χ3n) is 6.32. The van der Waals surface area contributed by atoms with E-state index in [1.807, 2.05) is 41.5 Å². The van der Waals surface area contributed by atoms with Gasteiger partial charge in [-0.3, -0.25) is 0 Å². The molecule has 0 radical (unpaired) electrons. The number of benzene rings is 4. The highest BCUT2D eigenvalue weighted by Gasteiger charge is 2.46. The molecule has 0 saturated heterocycles. The Bertz CT molecular complexity index is 1120. The van der Waals surface area contributed by atoms with E-state index >= 15 is 0 Å². The van der Waals surface area contributed by atoms with E-state index in [9.17, 15) is 0 Å². The summed E-state index contributed by atoms with van der Waals surface area (Å²) in [5.41, 5.74) is 9.28. The molecule has 0 nitrogen and oxygen atoms in total. The molecule has 5 rings (SSSR count). The summed E-state index contributed by atoms with van der Waals surface area (Å²) in [6.07, 6.45) is 0. The predicted molar refractivity (Wildman–Crippen MR) is 156 cm³/mol. The molecule has 184 valence electrons. The Morgan fingerprint density at radius 2 is 0.886 bits per heavy atom. The minimum absolute atomic E-state index is 0.100. The summed E-state index contributed by atoms with van der Waals surface area (Å²) < 4.78 is 0. The lowest BCUT2D eigenvalue weighted by molar-refractivity contribution is 0.588. The van der Waals surface area contributed by atoms with Gasteiger partial charge in [0, 0.05) is 0 Å². The van der Waals surface area contributed by atoms with Crippen LogP contribution in [0.15, 0.2) is 103 Å². The predicted octanol–water partition coefficient (Wildman–Crippen LogP) is 10.4. The standard InChI is InChI=1S/C29H26.3C2H6/c1-28(2,3)23-18-19-25-24-16-10-11-17-26(24)29(27(25)20-23,21-12-6-4-7-13-21)22-14-8-5-9-15-22;3*1-2/h4-20H,1-3H3;3*1-2H3. The lowest BCUT2D eigenvalue weighted by Crippen LogP contribution is -2.29. The molecule has 0 fully saturated rings. The molecule has 1 aliphatic rings. The van der Waals surface area contributed by atoms with E-state index in [0.717, 1.165) is 0 Å². The molecule has 0 aromatic heterocycles. The summed E-state index contributed by atoms with van der Waals surface area (Å²) in [5.74, 6) is 0. The van der Waals surface area contributed by atoms with E-state index in [1.165, 1.54) is 38.9 Å². The molecule has 0 aliphatic heterocycles. The Morgan fingerprint density at radius 3 is 1.37 bits per heavy atom. The topological polar surface area (TPSA) is 0 Å². The Hall–Kier alpha value is -3.12. The van der Waals surface area contributed by atoms with Crippen LogP contribution in [0.2, 0.25) is 0 Å². The number of rotatable bonds is 2. The van der Waals surface area contributed by atoms with Crippen LogP contribution in [0.1, 0.15) is 90.1 Å². The Labute approximate surface area is 215 Å². The van der Waals surface area contributed by atoms with Crippen molar-refractivity contribution in [2.24, 2.45) is 0 Å². The van der Waals surface area contributed by atoms with Gasteiger partial charge in [-0.2, -0.15) is 0 Å². The van der Waals surface area contributed by atoms with Crippen molar-refractivity contribution < 1.29 is 0 Å². The van der Waals surface area contributed by atoms with Crippen molar-refractivity contribution in [3.05, 3.63) is 131 Å². The van der Waals surface area contributed by atoms with Crippen molar-refractivity contribution in [2.75, 3.05) is 0 Å². The van der Waals surface area contributed by atoms with Crippen molar-refractivity contribution >= 4 is 0 Å². The van der Waals surface area contributed by atoms with Crippen molar-refractivity contribution in [3.63, 3.8) is 0 Å². The second-order valence-electron chi connectivity index (χ2n) is 9.04. The molecular weight excluding hydrogens is 420 g/mol. The van der Waals surface area contributed by atoms with Gasteiger partial charge in [0.05, 0.1) is 5.41 Å². The second-order valence-corrected chi connectivity index (χ2v) is 9.04. The first-order chi connectivity index (χ1) is 17.0. The van der Waals surface area contributed by atoms with Crippen LogP contribution in [0.25, 0.3) is 11.1 Å². The summed E-state index contributed by atoms with van der Waals surface area (Å²) in [6.45, 7) is 18.9. The lowest BCUT2D eigenvalue weighted by Gasteiger charge is -2.34. The third-order valence-corrected chi connectivity index (χ3v) is 6.32. The fraction of sp³-hybridized carbons (Fsp3) is 0.314. The maximum Gasteiger partial charge on any atom is 0.0713 e. The molecular formula is C35H44. The van der Waals surface area contributed by atoms with Crippen LogP contribution in [-0.2, 0) is 10.8 Å². The Morgan fingerprint density at radius 1 is 0.457 bits per heavy atom. The molecule has 0 bridgehead atoms. The van der Waals surface area contributed by atoms with Gasteiger partial charge in [0.25, 0.3) is 0 Å². The van der Waals surface area contributed by atoms with Crippen LogP contribution < -0.4 is 0 Å². The number of fused-ring (bicyclic) bond motifs is 3. The maximum absolute atomic E-state index is 2.45. The van der Waals surface area contributed by atoms with Gasteiger partial charge in [0.15, 0.2) is 0 Å². The highest BCUT2D eigenvalue weighted by Crippen LogP contribution is 2.56. The Kier molecular flexibility index (Phi) is 10.1. The van der Waals surface area contributed by atoms with Crippen molar-refractivity contribution in [1.29, 1.82) is 0 Å². The van der Waals surface area contributed by atoms with Gasteiger partial charge in [-0.25, -0.2) is 0 Å². The lowest BCUT2D eigenvalue weighted by atomic mass is 9.67. The molecule has 4 aromatic rings. The molecule has 0 unspecified atom stereocenters. The fourth-order valence-corrected chi connectivity index (χ4v) is 4.91. The average Bonchev–Trinajstić information content (AvgIpc) is 3.23. The van der Waals surface area contributed by atoms with Crippen molar-refractivity contribution in [1.82, 2.24) is 0 Å². The smallest absolute Gasteiger partial charge is 0.0683 e. The second kappa shape index (κ2) is 12.5. The summed E-state index contributed by atoms with van der Waals surface area (Å²) in [6, 6.07) is 38.0. The van der Waals surface area contributed by atoms with Gasteiger partial charge < -0.3 is 0 Å². The Balaban J connectivity index is 0.000000671. The van der Waals surface area contributed by atoms with E-state index in [-0.39, 0.29) is 10.8 Å². The zero-order valence-electron chi connectivity index (χ0n) is 23.3. The van der Waals surface area contributed by atoms with Crippen LogP contribution in [0.4, 0.5) is 0 Å². The van der Waals surface area contributed by atoms with Gasteiger partial charge >= 0.3 is 0 Å². The zero-order chi connectivity index (χ0) is 26.1. The summed E-state index contributed by atoms with van der Waals surface area (Å²) in [5, 5.41) is 0. The van der Waals surface area contributed by atoms with E-state index < -0.39 is 0 Å². The minimum atomic E-state index is -0.296. The monoisotopic (exact) mass is 464 g/mol. The molecule has 0 N–H and O–H groups in total. The molecule has 0 heterocycles. The molecule has 35 heavy (non-hydrogen) atoms. The molecule has 1 aliphatic carbocycles. The number of hydrogen-bond acceptors (Lipinski definition) is 0. The first-order valence-corrected chi connectivity index (χ1v) is 13.4. The van der Waals surface area contributed by atoms with Crippen LogP contribution in [0.5, 0.6) is 0 Å². The van der Waals surface area contributed by atoms with Crippen LogP contribution in [0, 0.1) is 0 Å². The van der Waals surface area contributed by atoms with E-state index in [4.69, 9.17) is 0 Å². The minimum Gasteiger partial charge on any atom is -0.0683 e. The van der Waals surface area contributed by atoms with Gasteiger partial charge in [-0.05, 0) is 44.4 Å². The summed E-state index contributed by atoms with van der Waals surface area (Å²) in [4.78, 5) is 0. The van der Waals surface area contributed by atoms with Crippen LogP contribution in [0.3, 0.4) is 0 Å². The first kappa shape index (κ1) is 28.1. The van der Waals surface area contributed by atoms with Gasteiger partial charge in [-0.1, -0.05) is 165 Å². The fourth-order valence-electron chi connectivity index (χ4n) is 4.91. The van der Waals surface area contributed by atoms with Crippen LogP contribution >= 0.6 is 0 Å². The maximum atomic E-state index is 2.45. The quantitative estimate of drug-likeness (QED) is 0.244. The average molecular weight is 465 g/mol. The SMILES string of the molecule is CC.CC.CC.CC(C)(C)c1ccc2c(c1)C(c1ccccc1)(c1ccccc1)c1ccccc1-2. The normalized spacial score (nSPS) is 12.4. The van der Waals surface area contributed by atoms with Crippen molar-refractivity contribution in [2.45, 2.75) is 73.1 Å². The highest BCUT2D eigenvalue weighted by molar-refractivity contribution is 5.86.